The Balaban J connectivity index is 1.99. The molecule has 0 amide bonds. The summed E-state index contributed by atoms with van der Waals surface area (Å²) in [7, 11) is 0. The van der Waals surface area contributed by atoms with Gasteiger partial charge in [0.2, 0.25) is 5.82 Å². The molecule has 0 atom stereocenters. The highest BCUT2D eigenvalue weighted by Crippen LogP contribution is 2.25. The van der Waals surface area contributed by atoms with Crippen molar-refractivity contribution in [3.63, 3.8) is 0 Å². The maximum atomic E-state index is 5.62. The van der Waals surface area contributed by atoms with Crippen LogP contribution < -0.4 is 5.73 Å². The first kappa shape index (κ1) is 11.7. The molecule has 2 heterocycles. The van der Waals surface area contributed by atoms with E-state index in [0.29, 0.717) is 24.0 Å². The second kappa shape index (κ2) is 4.70. The highest BCUT2D eigenvalue weighted by molar-refractivity contribution is 5.58. The van der Waals surface area contributed by atoms with Gasteiger partial charge >= 0.3 is 0 Å². The summed E-state index contributed by atoms with van der Waals surface area (Å²) < 4.78 is 10.6. The van der Waals surface area contributed by atoms with E-state index in [1.54, 1.807) is 6.26 Å². The van der Waals surface area contributed by atoms with Gasteiger partial charge in [-0.05, 0) is 36.2 Å². The first-order chi connectivity index (χ1) is 9.28. The summed E-state index contributed by atoms with van der Waals surface area (Å²) >= 11 is 0. The van der Waals surface area contributed by atoms with Gasteiger partial charge in [-0.3, -0.25) is 0 Å². The van der Waals surface area contributed by atoms with E-state index >= 15 is 0 Å². The number of aromatic nitrogens is 2. The van der Waals surface area contributed by atoms with Crippen LogP contribution >= 0.6 is 0 Å². The monoisotopic (exact) mass is 255 g/mol. The molecule has 5 nitrogen and oxygen atoms in total. The SMILES string of the molecule is Cc1ccoc1-c1noc(-c2cccc(CN)c2)n1. The zero-order valence-electron chi connectivity index (χ0n) is 10.5. The molecule has 0 fully saturated rings. The van der Waals surface area contributed by atoms with Crippen molar-refractivity contribution >= 4 is 0 Å². The van der Waals surface area contributed by atoms with Crippen LogP contribution in [0.2, 0.25) is 0 Å². The summed E-state index contributed by atoms with van der Waals surface area (Å²) in [6.45, 7) is 2.41. The van der Waals surface area contributed by atoms with Crippen LogP contribution in [-0.4, -0.2) is 10.1 Å². The zero-order chi connectivity index (χ0) is 13.2. The van der Waals surface area contributed by atoms with Crippen LogP contribution in [-0.2, 0) is 6.54 Å². The molecule has 0 unspecified atom stereocenters. The molecular formula is C14H13N3O2. The third kappa shape index (κ3) is 2.15. The number of furan rings is 1. The highest BCUT2D eigenvalue weighted by Gasteiger charge is 2.14. The molecule has 3 aromatic rings. The first-order valence-corrected chi connectivity index (χ1v) is 5.95. The fourth-order valence-corrected chi connectivity index (χ4v) is 1.87. The topological polar surface area (TPSA) is 78.1 Å². The van der Waals surface area contributed by atoms with Crippen LogP contribution in [0.15, 0.2) is 45.5 Å². The number of benzene rings is 1. The van der Waals surface area contributed by atoms with Crippen molar-refractivity contribution in [1.29, 1.82) is 0 Å². The first-order valence-electron chi connectivity index (χ1n) is 5.95. The Morgan fingerprint density at radius 1 is 1.26 bits per heavy atom. The molecule has 2 N–H and O–H groups in total. The smallest absolute Gasteiger partial charge is 0.258 e. The van der Waals surface area contributed by atoms with Crippen molar-refractivity contribution in [3.8, 4) is 23.0 Å². The van der Waals surface area contributed by atoms with E-state index in [1.165, 1.54) is 0 Å². The summed E-state index contributed by atoms with van der Waals surface area (Å²) in [5, 5.41) is 3.94. The third-order valence-electron chi connectivity index (χ3n) is 2.90. The van der Waals surface area contributed by atoms with Crippen LogP contribution in [0.1, 0.15) is 11.1 Å². The van der Waals surface area contributed by atoms with E-state index in [9.17, 15) is 0 Å². The van der Waals surface area contributed by atoms with E-state index in [1.807, 2.05) is 37.3 Å². The van der Waals surface area contributed by atoms with Gasteiger partial charge in [0.25, 0.3) is 5.89 Å². The lowest BCUT2D eigenvalue weighted by Crippen LogP contribution is -1.95. The van der Waals surface area contributed by atoms with Crippen LogP contribution in [0.25, 0.3) is 23.0 Å². The van der Waals surface area contributed by atoms with Crippen LogP contribution in [0, 0.1) is 6.92 Å². The molecule has 0 spiro atoms. The third-order valence-corrected chi connectivity index (χ3v) is 2.90. The molecule has 0 saturated heterocycles. The summed E-state index contributed by atoms with van der Waals surface area (Å²) in [5.41, 5.74) is 8.46. The Bertz CT molecular complexity index is 700. The van der Waals surface area contributed by atoms with Gasteiger partial charge in [-0.1, -0.05) is 17.3 Å². The molecule has 19 heavy (non-hydrogen) atoms. The van der Waals surface area contributed by atoms with E-state index < -0.39 is 0 Å². The van der Waals surface area contributed by atoms with Crippen molar-refractivity contribution in [2.45, 2.75) is 13.5 Å². The summed E-state index contributed by atoms with van der Waals surface area (Å²) in [4.78, 5) is 4.35. The van der Waals surface area contributed by atoms with Gasteiger partial charge < -0.3 is 14.7 Å². The van der Waals surface area contributed by atoms with Crippen LogP contribution in [0.5, 0.6) is 0 Å². The maximum absolute atomic E-state index is 5.62. The van der Waals surface area contributed by atoms with Gasteiger partial charge in [0, 0.05) is 12.1 Å². The quantitative estimate of drug-likeness (QED) is 0.778. The fraction of sp³-hybridized carbons (Fsp3) is 0.143. The lowest BCUT2D eigenvalue weighted by Gasteiger charge is -1.97. The van der Waals surface area contributed by atoms with E-state index in [4.69, 9.17) is 14.7 Å². The number of aryl methyl sites for hydroxylation is 1. The second-order valence-electron chi connectivity index (χ2n) is 4.26. The fourth-order valence-electron chi connectivity index (χ4n) is 1.87. The number of hydrogen-bond acceptors (Lipinski definition) is 5. The van der Waals surface area contributed by atoms with Crippen molar-refractivity contribution in [1.82, 2.24) is 10.1 Å². The molecule has 3 rings (SSSR count). The van der Waals surface area contributed by atoms with Crippen LogP contribution in [0.4, 0.5) is 0 Å². The van der Waals surface area contributed by atoms with Gasteiger partial charge in [0.15, 0.2) is 5.76 Å². The minimum absolute atomic E-state index is 0.454. The predicted octanol–water partition coefficient (Wildman–Crippen LogP) is 2.76. The molecule has 96 valence electrons. The van der Waals surface area contributed by atoms with Crippen molar-refractivity contribution < 1.29 is 8.94 Å². The zero-order valence-corrected chi connectivity index (χ0v) is 10.5. The maximum Gasteiger partial charge on any atom is 0.258 e. The molecule has 0 aliphatic carbocycles. The molecule has 0 saturated carbocycles. The Labute approximate surface area is 110 Å². The molecular weight excluding hydrogens is 242 g/mol. The molecule has 0 aliphatic heterocycles. The number of nitrogens with zero attached hydrogens (tertiary/aromatic N) is 2. The average Bonchev–Trinajstić information content (AvgIpc) is 3.07. The van der Waals surface area contributed by atoms with Gasteiger partial charge in [-0.25, -0.2) is 0 Å². The Kier molecular flexibility index (Phi) is 2.89. The molecule has 1 aromatic carbocycles. The average molecular weight is 255 g/mol. The van der Waals surface area contributed by atoms with Crippen LogP contribution in [0.3, 0.4) is 0 Å². The number of hydrogen-bond donors (Lipinski definition) is 1. The number of rotatable bonds is 3. The normalized spacial score (nSPS) is 10.8. The lowest BCUT2D eigenvalue weighted by atomic mass is 10.1. The Hall–Kier alpha value is -2.40. The Morgan fingerprint density at radius 2 is 2.16 bits per heavy atom. The summed E-state index contributed by atoms with van der Waals surface area (Å²) in [6, 6.07) is 9.58. The van der Waals surface area contributed by atoms with Gasteiger partial charge in [0.1, 0.15) is 0 Å². The van der Waals surface area contributed by atoms with Gasteiger partial charge in [0.05, 0.1) is 6.26 Å². The summed E-state index contributed by atoms with van der Waals surface area (Å²) in [5.74, 6) is 1.54. The molecule has 0 bridgehead atoms. The molecule has 0 aliphatic rings. The standard InChI is InChI=1S/C14H13N3O2/c1-9-5-6-18-12(9)13-16-14(19-17-13)11-4-2-3-10(7-11)8-15/h2-7H,8,15H2,1H3. The minimum atomic E-state index is 0.454. The van der Waals surface area contributed by atoms with E-state index in [-0.39, 0.29) is 0 Å². The largest absolute Gasteiger partial charge is 0.461 e. The molecule has 2 aromatic heterocycles. The lowest BCUT2D eigenvalue weighted by molar-refractivity contribution is 0.429. The molecule has 0 radical (unpaired) electrons. The number of nitrogens with two attached hydrogens (primary N) is 1. The van der Waals surface area contributed by atoms with E-state index in [2.05, 4.69) is 10.1 Å². The predicted molar refractivity (Wildman–Crippen MR) is 70.1 cm³/mol. The van der Waals surface area contributed by atoms with Crippen molar-refractivity contribution in [3.05, 3.63) is 47.7 Å². The van der Waals surface area contributed by atoms with Gasteiger partial charge in [-0.2, -0.15) is 4.98 Å². The highest BCUT2D eigenvalue weighted by atomic mass is 16.5. The Morgan fingerprint density at radius 3 is 2.89 bits per heavy atom. The summed E-state index contributed by atoms with van der Waals surface area (Å²) in [6.07, 6.45) is 1.61. The minimum Gasteiger partial charge on any atom is -0.461 e. The van der Waals surface area contributed by atoms with E-state index in [0.717, 1.165) is 16.7 Å². The second-order valence-corrected chi connectivity index (χ2v) is 4.26. The molecule has 5 heteroatoms. The van der Waals surface area contributed by atoms with Crippen molar-refractivity contribution in [2.75, 3.05) is 0 Å². The van der Waals surface area contributed by atoms with Crippen molar-refractivity contribution in [2.24, 2.45) is 5.73 Å². The van der Waals surface area contributed by atoms with Gasteiger partial charge in [-0.15, -0.1) is 0 Å².